The summed E-state index contributed by atoms with van der Waals surface area (Å²) in [7, 11) is 1.58. The summed E-state index contributed by atoms with van der Waals surface area (Å²) >= 11 is 0. The number of aldehydes is 1. The van der Waals surface area contributed by atoms with Crippen LogP contribution in [0.15, 0.2) is 48.5 Å². The third-order valence-corrected chi connectivity index (χ3v) is 9.82. The van der Waals surface area contributed by atoms with Crippen molar-refractivity contribution in [1.82, 2.24) is 4.90 Å². The molecule has 2 fully saturated rings. The first-order valence-corrected chi connectivity index (χ1v) is 17.2. The molecule has 5 rings (SSSR count). The Bertz CT molecular complexity index is 1520. The van der Waals surface area contributed by atoms with E-state index in [0.29, 0.717) is 22.7 Å². The van der Waals surface area contributed by atoms with Gasteiger partial charge in [-0.25, -0.2) is 19.3 Å². The van der Waals surface area contributed by atoms with Gasteiger partial charge in [-0.15, -0.1) is 0 Å². The molecular weight excluding hydrogens is 610 g/mol. The number of carbonyl (C=O) groups is 5. The first-order valence-electron chi connectivity index (χ1n) is 17.2. The Kier molecular flexibility index (Phi) is 10.5. The number of nitrogens with zero attached hydrogens (tertiary/aromatic N) is 4. The number of carbonyl (C=O) groups excluding carboxylic acids is 5. The van der Waals surface area contributed by atoms with Crippen molar-refractivity contribution in [2.75, 3.05) is 33.6 Å². The molecule has 0 spiro atoms. The van der Waals surface area contributed by atoms with E-state index in [1.165, 1.54) is 9.80 Å². The Hall–Kier alpha value is -4.41. The smallest absolute Gasteiger partial charge is 0.414 e. The van der Waals surface area contributed by atoms with Crippen LogP contribution >= 0.6 is 0 Å². The Morgan fingerprint density at radius 1 is 0.958 bits per heavy atom. The number of fused-ring (bicyclic) bond motifs is 1. The van der Waals surface area contributed by atoms with Gasteiger partial charge in [0.2, 0.25) is 5.91 Å². The standard InChI is InChI=1S/C37H49N5O6/c1-36(2,3)48-35(47)39(5)28-18-14-15-26(23-28)38-32(44)24-40-33(45)41(27-16-8-6-9-17-27)29-19-10-11-20-30(29)42(34(40)46)31(25-43)37(4)21-12-7-13-22-37/h10-11,14-15,18-20,23,25,27,31H,6-9,12-13,16-17,21-22,24H2,1-5H3,(H,38,44). The third-order valence-electron chi connectivity index (χ3n) is 9.82. The Morgan fingerprint density at radius 3 is 2.25 bits per heavy atom. The number of amides is 6. The van der Waals surface area contributed by atoms with E-state index < -0.39 is 47.7 Å². The number of hydrogen-bond acceptors (Lipinski definition) is 6. The minimum Gasteiger partial charge on any atom is -0.443 e. The lowest BCUT2D eigenvalue weighted by molar-refractivity contribution is -0.116. The molecule has 2 aliphatic carbocycles. The van der Waals surface area contributed by atoms with Crippen LogP contribution < -0.4 is 20.0 Å². The van der Waals surface area contributed by atoms with Crippen molar-refractivity contribution in [3.8, 4) is 0 Å². The summed E-state index contributed by atoms with van der Waals surface area (Å²) in [5.41, 5.74) is 0.789. The number of para-hydroxylation sites is 2. The molecule has 6 amide bonds. The lowest BCUT2D eigenvalue weighted by atomic mass is 9.70. The van der Waals surface area contributed by atoms with Crippen LogP contribution in [0.5, 0.6) is 0 Å². The van der Waals surface area contributed by atoms with Gasteiger partial charge in [-0.1, -0.05) is 63.6 Å². The second kappa shape index (κ2) is 14.4. The second-order valence-corrected chi connectivity index (χ2v) is 14.6. The second-order valence-electron chi connectivity index (χ2n) is 14.6. The van der Waals surface area contributed by atoms with Crippen molar-refractivity contribution in [3.05, 3.63) is 48.5 Å². The molecular formula is C37H49N5O6. The summed E-state index contributed by atoms with van der Waals surface area (Å²) in [5.74, 6) is -0.588. The highest BCUT2D eigenvalue weighted by Gasteiger charge is 2.48. The molecule has 2 saturated carbocycles. The zero-order valence-electron chi connectivity index (χ0n) is 28.9. The molecule has 1 atom stereocenters. The van der Waals surface area contributed by atoms with E-state index in [1.807, 2.05) is 25.1 Å². The topological polar surface area (TPSA) is 120 Å². The monoisotopic (exact) mass is 659 g/mol. The van der Waals surface area contributed by atoms with Gasteiger partial charge >= 0.3 is 18.2 Å². The molecule has 48 heavy (non-hydrogen) atoms. The molecule has 11 nitrogen and oxygen atoms in total. The summed E-state index contributed by atoms with van der Waals surface area (Å²) in [4.78, 5) is 74.0. The Labute approximate surface area is 283 Å². The molecule has 3 aliphatic rings. The highest BCUT2D eigenvalue weighted by Crippen LogP contribution is 2.45. The molecule has 0 bridgehead atoms. The number of nitrogens with one attached hydrogen (secondary N) is 1. The van der Waals surface area contributed by atoms with Crippen LogP contribution in [0.25, 0.3) is 0 Å². The van der Waals surface area contributed by atoms with Gasteiger partial charge in [-0.3, -0.25) is 19.5 Å². The van der Waals surface area contributed by atoms with E-state index >= 15 is 0 Å². The quantitative estimate of drug-likeness (QED) is 0.290. The van der Waals surface area contributed by atoms with Crippen LogP contribution in [0.2, 0.25) is 0 Å². The number of rotatable bonds is 8. The number of anilines is 4. The highest BCUT2D eigenvalue weighted by atomic mass is 16.6. The van der Waals surface area contributed by atoms with Crippen molar-refractivity contribution in [2.45, 2.75) is 110 Å². The van der Waals surface area contributed by atoms with Crippen LogP contribution in [0.1, 0.15) is 91.9 Å². The van der Waals surface area contributed by atoms with E-state index in [1.54, 1.807) is 63.1 Å². The van der Waals surface area contributed by atoms with Crippen LogP contribution in [-0.4, -0.2) is 66.5 Å². The summed E-state index contributed by atoms with van der Waals surface area (Å²) < 4.78 is 5.47. The fourth-order valence-electron chi connectivity index (χ4n) is 7.28. The van der Waals surface area contributed by atoms with E-state index in [4.69, 9.17) is 4.74 Å². The number of benzene rings is 2. The van der Waals surface area contributed by atoms with Crippen molar-refractivity contribution >= 4 is 53.1 Å². The van der Waals surface area contributed by atoms with Gasteiger partial charge in [-0.05, 0) is 82.2 Å². The SMILES string of the molecule is CN(C(=O)OC(C)(C)C)c1cccc(NC(=O)CN2C(=O)N(C3CCCCC3)c3ccccc3N(C(C=O)C3(C)CCCCC3)C2=O)c1. The van der Waals surface area contributed by atoms with Gasteiger partial charge < -0.3 is 14.8 Å². The minimum absolute atomic E-state index is 0.147. The molecule has 1 aliphatic heterocycles. The Morgan fingerprint density at radius 2 is 1.60 bits per heavy atom. The molecule has 2 aromatic rings. The number of imide groups is 1. The zero-order valence-corrected chi connectivity index (χ0v) is 28.9. The maximum Gasteiger partial charge on any atom is 0.414 e. The van der Waals surface area contributed by atoms with Gasteiger partial charge in [0.1, 0.15) is 18.4 Å². The first kappa shape index (κ1) is 34.9. The third kappa shape index (κ3) is 7.50. The summed E-state index contributed by atoms with van der Waals surface area (Å²) in [6.45, 7) is 6.83. The van der Waals surface area contributed by atoms with Gasteiger partial charge in [0.25, 0.3) is 0 Å². The fraction of sp³-hybridized carbons (Fsp3) is 0.541. The minimum atomic E-state index is -0.823. The summed E-state index contributed by atoms with van der Waals surface area (Å²) in [6, 6.07) is 11.7. The van der Waals surface area contributed by atoms with Crippen LogP contribution in [0.4, 0.5) is 37.1 Å². The van der Waals surface area contributed by atoms with E-state index in [0.717, 1.165) is 75.4 Å². The van der Waals surface area contributed by atoms with Gasteiger partial charge in [0.15, 0.2) is 0 Å². The normalized spacial score (nSPS) is 19.2. The maximum atomic E-state index is 14.7. The van der Waals surface area contributed by atoms with Crippen LogP contribution in [0, 0.1) is 5.41 Å². The van der Waals surface area contributed by atoms with Crippen molar-refractivity contribution in [2.24, 2.45) is 5.41 Å². The average molecular weight is 660 g/mol. The lowest BCUT2D eigenvalue weighted by Crippen LogP contribution is -2.58. The highest BCUT2D eigenvalue weighted by molar-refractivity contribution is 6.16. The van der Waals surface area contributed by atoms with Crippen molar-refractivity contribution in [3.63, 3.8) is 0 Å². The first-order chi connectivity index (χ1) is 22.8. The molecule has 11 heteroatoms. The van der Waals surface area contributed by atoms with Crippen LogP contribution in [-0.2, 0) is 14.3 Å². The molecule has 258 valence electrons. The average Bonchev–Trinajstić information content (AvgIpc) is 3.13. The molecule has 2 aromatic carbocycles. The molecule has 0 aromatic heterocycles. The molecule has 0 saturated heterocycles. The maximum absolute atomic E-state index is 14.7. The molecule has 1 heterocycles. The van der Waals surface area contributed by atoms with Crippen molar-refractivity contribution in [1.29, 1.82) is 0 Å². The number of ether oxygens (including phenoxy) is 1. The fourth-order valence-corrected chi connectivity index (χ4v) is 7.28. The Balaban J connectivity index is 1.48. The molecule has 1 unspecified atom stereocenters. The van der Waals surface area contributed by atoms with E-state index in [9.17, 15) is 24.0 Å². The molecule has 0 radical (unpaired) electrons. The predicted octanol–water partition coefficient (Wildman–Crippen LogP) is 7.74. The van der Waals surface area contributed by atoms with Crippen LogP contribution in [0.3, 0.4) is 0 Å². The zero-order chi connectivity index (χ0) is 34.6. The van der Waals surface area contributed by atoms with Gasteiger partial charge in [-0.2, -0.15) is 0 Å². The number of urea groups is 2. The van der Waals surface area contributed by atoms with Gasteiger partial charge in [0, 0.05) is 24.5 Å². The molecule has 1 N–H and O–H groups in total. The van der Waals surface area contributed by atoms with Crippen molar-refractivity contribution < 1.29 is 28.7 Å². The largest absolute Gasteiger partial charge is 0.443 e. The lowest BCUT2D eigenvalue weighted by Gasteiger charge is -2.43. The van der Waals surface area contributed by atoms with Gasteiger partial charge in [0.05, 0.1) is 17.4 Å². The number of hydrogen-bond donors (Lipinski definition) is 1. The summed E-state index contributed by atoms with van der Waals surface area (Å²) in [5, 5.41) is 2.81. The van der Waals surface area contributed by atoms with E-state index in [-0.39, 0.29) is 6.04 Å². The predicted molar refractivity (Wildman–Crippen MR) is 187 cm³/mol. The summed E-state index contributed by atoms with van der Waals surface area (Å²) in [6.07, 6.45) is 9.35. The van der Waals surface area contributed by atoms with E-state index in [2.05, 4.69) is 5.32 Å².